The van der Waals surface area contributed by atoms with Gasteiger partial charge in [0.2, 0.25) is 0 Å². The van der Waals surface area contributed by atoms with Crippen LogP contribution in [0.15, 0.2) is 12.1 Å². The fourth-order valence-corrected chi connectivity index (χ4v) is 1.23. The van der Waals surface area contributed by atoms with E-state index in [-0.39, 0.29) is 19.0 Å². The molecule has 14 heavy (non-hydrogen) atoms. The monoisotopic (exact) mass is 198 g/mol. The zero-order chi connectivity index (χ0) is 10.6. The smallest absolute Gasteiger partial charge is 0.126 e. The fraction of sp³-hybridized carbons (Fsp3) is 0.400. The average Bonchev–Trinajstić information content (AvgIpc) is 2.21. The van der Waals surface area contributed by atoms with Crippen LogP contribution in [0.3, 0.4) is 0 Å². The Balaban J connectivity index is 3.12. The molecule has 0 amide bonds. The Morgan fingerprint density at radius 2 is 1.86 bits per heavy atom. The summed E-state index contributed by atoms with van der Waals surface area (Å²) in [4.78, 5) is 0. The molecule has 4 nitrogen and oxygen atoms in total. The second-order valence-corrected chi connectivity index (χ2v) is 2.89. The van der Waals surface area contributed by atoms with Crippen molar-refractivity contribution in [3.05, 3.63) is 23.3 Å². The van der Waals surface area contributed by atoms with Crippen LogP contribution < -0.4 is 4.74 Å². The van der Waals surface area contributed by atoms with E-state index in [2.05, 4.69) is 0 Å². The molecule has 1 rings (SSSR count). The lowest BCUT2D eigenvalue weighted by molar-refractivity contribution is 0.181. The zero-order valence-corrected chi connectivity index (χ0v) is 8.28. The van der Waals surface area contributed by atoms with E-state index >= 15 is 0 Å². The first kappa shape index (κ1) is 10.8. The number of aromatic hydroxyl groups is 1. The molecular weight excluding hydrogens is 184 g/mol. The van der Waals surface area contributed by atoms with Gasteiger partial charge in [-0.15, -0.1) is 0 Å². The van der Waals surface area contributed by atoms with Crippen molar-refractivity contribution in [3.63, 3.8) is 0 Å². The first-order valence-corrected chi connectivity index (χ1v) is 4.21. The summed E-state index contributed by atoms with van der Waals surface area (Å²) >= 11 is 0. The Hall–Kier alpha value is -1.26. The molecule has 0 aliphatic carbocycles. The first-order valence-electron chi connectivity index (χ1n) is 4.21. The van der Waals surface area contributed by atoms with Crippen molar-refractivity contribution in [2.24, 2.45) is 0 Å². The summed E-state index contributed by atoms with van der Waals surface area (Å²) in [6.45, 7) is 0.0653. The molecule has 1 aromatic carbocycles. The van der Waals surface area contributed by atoms with Crippen LogP contribution in [0.2, 0.25) is 0 Å². The number of aliphatic hydroxyl groups excluding tert-OH is 1. The molecule has 0 aromatic heterocycles. The maximum Gasteiger partial charge on any atom is 0.126 e. The largest absolute Gasteiger partial charge is 0.507 e. The Labute approximate surface area is 82.7 Å². The molecule has 0 bridgehead atoms. The number of aliphatic hydroxyl groups is 1. The van der Waals surface area contributed by atoms with Gasteiger partial charge in [0.15, 0.2) is 0 Å². The standard InChI is InChI=1S/C10H14O4/c1-13-6-8-4-9(14-2)3-7(5-11)10(8)12/h3-4,11-12H,5-6H2,1-2H3. The molecule has 0 saturated carbocycles. The minimum atomic E-state index is -0.222. The van der Waals surface area contributed by atoms with Crippen molar-refractivity contribution >= 4 is 0 Å². The fourth-order valence-electron chi connectivity index (χ4n) is 1.23. The van der Waals surface area contributed by atoms with Crippen molar-refractivity contribution in [1.82, 2.24) is 0 Å². The third kappa shape index (κ3) is 2.16. The highest BCUT2D eigenvalue weighted by Gasteiger charge is 2.09. The highest BCUT2D eigenvalue weighted by atomic mass is 16.5. The minimum Gasteiger partial charge on any atom is -0.507 e. The predicted molar refractivity (Wildman–Crippen MR) is 51.3 cm³/mol. The van der Waals surface area contributed by atoms with Crippen LogP contribution in [-0.2, 0) is 18.0 Å². The quantitative estimate of drug-likeness (QED) is 0.759. The summed E-state index contributed by atoms with van der Waals surface area (Å²) in [7, 11) is 3.07. The molecular formula is C10H14O4. The number of hydrogen-bond donors (Lipinski definition) is 2. The van der Waals surface area contributed by atoms with Crippen molar-refractivity contribution in [1.29, 1.82) is 0 Å². The van der Waals surface area contributed by atoms with Crippen LogP contribution in [0.1, 0.15) is 11.1 Å². The molecule has 0 heterocycles. The molecule has 0 aliphatic heterocycles. The van der Waals surface area contributed by atoms with Gasteiger partial charge in [0.1, 0.15) is 11.5 Å². The van der Waals surface area contributed by atoms with Gasteiger partial charge in [0.25, 0.3) is 0 Å². The molecule has 0 aliphatic rings. The molecule has 0 unspecified atom stereocenters. The molecule has 0 atom stereocenters. The molecule has 4 heteroatoms. The highest BCUT2D eigenvalue weighted by Crippen LogP contribution is 2.28. The molecule has 0 fully saturated rings. The van der Waals surface area contributed by atoms with Crippen LogP contribution in [0.25, 0.3) is 0 Å². The summed E-state index contributed by atoms with van der Waals surface area (Å²) < 4.78 is 9.93. The van der Waals surface area contributed by atoms with E-state index in [1.165, 1.54) is 14.2 Å². The van der Waals surface area contributed by atoms with Gasteiger partial charge in [-0.1, -0.05) is 0 Å². The van der Waals surface area contributed by atoms with Crippen LogP contribution in [0, 0.1) is 0 Å². The number of ether oxygens (including phenoxy) is 2. The molecule has 0 radical (unpaired) electrons. The highest BCUT2D eigenvalue weighted by molar-refractivity contribution is 5.45. The summed E-state index contributed by atoms with van der Waals surface area (Å²) in [6.07, 6.45) is 0. The van der Waals surface area contributed by atoms with Crippen molar-refractivity contribution in [2.75, 3.05) is 14.2 Å². The summed E-state index contributed by atoms with van der Waals surface area (Å²) in [6, 6.07) is 3.27. The van der Waals surface area contributed by atoms with Crippen LogP contribution in [-0.4, -0.2) is 24.4 Å². The number of rotatable bonds is 4. The molecule has 0 saturated heterocycles. The van der Waals surface area contributed by atoms with E-state index in [0.717, 1.165) is 0 Å². The second-order valence-electron chi connectivity index (χ2n) is 2.89. The van der Waals surface area contributed by atoms with Gasteiger partial charge < -0.3 is 19.7 Å². The van der Waals surface area contributed by atoms with E-state index < -0.39 is 0 Å². The molecule has 0 spiro atoms. The molecule has 2 N–H and O–H groups in total. The first-order chi connectivity index (χ1) is 6.72. The zero-order valence-electron chi connectivity index (χ0n) is 8.28. The van der Waals surface area contributed by atoms with E-state index in [4.69, 9.17) is 14.6 Å². The van der Waals surface area contributed by atoms with Gasteiger partial charge in [0.05, 0.1) is 20.3 Å². The average molecular weight is 198 g/mol. The van der Waals surface area contributed by atoms with Crippen LogP contribution >= 0.6 is 0 Å². The number of hydrogen-bond acceptors (Lipinski definition) is 4. The molecule has 1 aromatic rings. The maximum absolute atomic E-state index is 9.64. The van der Waals surface area contributed by atoms with Crippen molar-refractivity contribution in [2.45, 2.75) is 13.2 Å². The Bertz CT molecular complexity index is 309. The molecule has 78 valence electrons. The third-order valence-corrected chi connectivity index (χ3v) is 1.95. The van der Waals surface area contributed by atoms with Gasteiger partial charge in [-0.25, -0.2) is 0 Å². The van der Waals surface area contributed by atoms with Gasteiger partial charge in [-0.05, 0) is 12.1 Å². The number of phenols is 1. The third-order valence-electron chi connectivity index (χ3n) is 1.95. The second kappa shape index (κ2) is 4.83. The lowest BCUT2D eigenvalue weighted by Crippen LogP contribution is -1.95. The summed E-state index contributed by atoms with van der Waals surface area (Å²) in [5.41, 5.74) is 1.05. The normalized spacial score (nSPS) is 10.2. The Kier molecular flexibility index (Phi) is 3.73. The van der Waals surface area contributed by atoms with Gasteiger partial charge >= 0.3 is 0 Å². The Morgan fingerprint density at radius 1 is 1.21 bits per heavy atom. The summed E-state index contributed by atoms with van der Waals surface area (Å²) in [5.74, 6) is 0.661. The predicted octanol–water partition coefficient (Wildman–Crippen LogP) is 1.04. The van der Waals surface area contributed by atoms with E-state index in [1.807, 2.05) is 0 Å². The van der Waals surface area contributed by atoms with E-state index in [0.29, 0.717) is 16.9 Å². The van der Waals surface area contributed by atoms with Crippen molar-refractivity contribution in [3.8, 4) is 11.5 Å². The Morgan fingerprint density at radius 3 is 2.36 bits per heavy atom. The van der Waals surface area contributed by atoms with Crippen LogP contribution in [0.4, 0.5) is 0 Å². The van der Waals surface area contributed by atoms with Crippen molar-refractivity contribution < 1.29 is 19.7 Å². The minimum absolute atomic E-state index is 0.0650. The topological polar surface area (TPSA) is 58.9 Å². The lowest BCUT2D eigenvalue weighted by atomic mass is 10.1. The number of benzene rings is 1. The van der Waals surface area contributed by atoms with Gasteiger partial charge in [-0.2, -0.15) is 0 Å². The van der Waals surface area contributed by atoms with E-state index in [9.17, 15) is 5.11 Å². The maximum atomic E-state index is 9.64. The van der Waals surface area contributed by atoms with Gasteiger partial charge in [-0.3, -0.25) is 0 Å². The number of methoxy groups -OCH3 is 2. The van der Waals surface area contributed by atoms with E-state index in [1.54, 1.807) is 12.1 Å². The van der Waals surface area contributed by atoms with Gasteiger partial charge in [0, 0.05) is 18.2 Å². The SMILES string of the molecule is COCc1cc(OC)cc(CO)c1O. The summed E-state index contributed by atoms with van der Waals surface area (Å²) in [5, 5.41) is 18.6. The van der Waals surface area contributed by atoms with Crippen LogP contribution in [0.5, 0.6) is 11.5 Å². The lowest BCUT2D eigenvalue weighted by Gasteiger charge is -2.10.